The van der Waals surface area contributed by atoms with Crippen molar-refractivity contribution in [2.75, 3.05) is 13.1 Å². The Bertz CT molecular complexity index is 577. The maximum atomic E-state index is 4.95. The second-order valence-electron chi connectivity index (χ2n) is 6.20. The van der Waals surface area contributed by atoms with E-state index in [0.717, 1.165) is 18.1 Å². The van der Waals surface area contributed by atoms with Gasteiger partial charge in [-0.15, -0.1) is 11.3 Å². The highest BCUT2D eigenvalue weighted by Crippen LogP contribution is 2.37. The van der Waals surface area contributed by atoms with E-state index in [1.807, 2.05) is 23.7 Å². The quantitative estimate of drug-likeness (QED) is 0.911. The molecular weight excluding hydrogens is 278 g/mol. The molecule has 21 heavy (non-hydrogen) atoms. The third-order valence-electron chi connectivity index (χ3n) is 3.94. The number of hydrogen-bond donors (Lipinski definition) is 1. The van der Waals surface area contributed by atoms with E-state index >= 15 is 0 Å². The molecule has 3 rings (SSSR count). The highest BCUT2D eigenvalue weighted by Gasteiger charge is 2.24. The zero-order chi connectivity index (χ0) is 14.7. The van der Waals surface area contributed by atoms with Crippen LogP contribution in [0.4, 0.5) is 0 Å². The average molecular weight is 301 g/mol. The summed E-state index contributed by atoms with van der Waals surface area (Å²) in [6.07, 6.45) is 7.43. The van der Waals surface area contributed by atoms with E-state index < -0.39 is 0 Å². The van der Waals surface area contributed by atoms with Gasteiger partial charge in [-0.05, 0) is 43.9 Å². The molecule has 0 saturated heterocycles. The van der Waals surface area contributed by atoms with Gasteiger partial charge in [-0.1, -0.05) is 13.8 Å². The van der Waals surface area contributed by atoms with Crippen molar-refractivity contribution in [1.29, 1.82) is 0 Å². The van der Waals surface area contributed by atoms with E-state index in [0.29, 0.717) is 11.8 Å². The molecule has 1 N–H and O–H groups in total. The lowest BCUT2D eigenvalue weighted by Gasteiger charge is -2.22. The van der Waals surface area contributed by atoms with Gasteiger partial charge in [0.15, 0.2) is 0 Å². The number of hydrogen-bond acceptors (Lipinski definition) is 4. The highest BCUT2D eigenvalue weighted by atomic mass is 32.1. The fourth-order valence-electron chi connectivity index (χ4n) is 2.87. The van der Waals surface area contributed by atoms with Gasteiger partial charge >= 0.3 is 0 Å². The van der Waals surface area contributed by atoms with Crippen LogP contribution < -0.4 is 5.32 Å². The molecule has 0 fully saturated rings. The number of rotatable bonds is 5. The molecule has 1 atom stereocenters. The van der Waals surface area contributed by atoms with Crippen molar-refractivity contribution in [2.24, 2.45) is 5.92 Å². The van der Waals surface area contributed by atoms with E-state index in [-0.39, 0.29) is 0 Å². The maximum absolute atomic E-state index is 4.95. The van der Waals surface area contributed by atoms with E-state index in [9.17, 15) is 0 Å². The first kappa shape index (κ1) is 14.7. The highest BCUT2D eigenvalue weighted by molar-refractivity contribution is 7.15. The van der Waals surface area contributed by atoms with Crippen LogP contribution in [0.3, 0.4) is 0 Å². The maximum Gasteiger partial charge on any atom is 0.123 e. The second kappa shape index (κ2) is 6.67. The molecule has 112 valence electrons. The van der Waals surface area contributed by atoms with Crippen molar-refractivity contribution in [3.8, 4) is 10.6 Å². The molecule has 1 unspecified atom stereocenters. The Kier molecular flexibility index (Phi) is 4.66. The molecule has 3 nitrogen and oxygen atoms in total. The summed E-state index contributed by atoms with van der Waals surface area (Å²) < 4.78 is 0. The molecule has 0 amide bonds. The zero-order valence-electron chi connectivity index (χ0n) is 12.8. The second-order valence-corrected chi connectivity index (χ2v) is 7.29. The molecule has 2 aromatic rings. The first-order valence-electron chi connectivity index (χ1n) is 7.84. The lowest BCUT2D eigenvalue weighted by Crippen LogP contribution is -2.27. The standard InChI is InChI=1S/C17H23N3S/c1-12(2)10-19-11-14-4-3-5-15-16(14)20-17(21-15)13-6-8-18-9-7-13/h6-9,12,14,19H,3-5,10-11H2,1-2H3. The molecule has 0 aromatic carbocycles. The van der Waals surface area contributed by atoms with Crippen LogP contribution in [-0.2, 0) is 6.42 Å². The predicted molar refractivity (Wildman–Crippen MR) is 88.7 cm³/mol. The summed E-state index contributed by atoms with van der Waals surface area (Å²) >= 11 is 1.87. The summed E-state index contributed by atoms with van der Waals surface area (Å²) in [6, 6.07) is 4.10. The van der Waals surface area contributed by atoms with Crippen LogP contribution in [0.5, 0.6) is 0 Å². The van der Waals surface area contributed by atoms with Crippen molar-refractivity contribution in [2.45, 2.75) is 39.0 Å². The van der Waals surface area contributed by atoms with Crippen LogP contribution in [-0.4, -0.2) is 23.1 Å². The number of fused-ring (bicyclic) bond motifs is 1. The van der Waals surface area contributed by atoms with Crippen LogP contribution in [0.2, 0.25) is 0 Å². The first-order valence-corrected chi connectivity index (χ1v) is 8.66. The minimum atomic E-state index is 0.583. The van der Waals surface area contributed by atoms with Gasteiger partial charge < -0.3 is 5.32 Å². The van der Waals surface area contributed by atoms with Crippen molar-refractivity contribution >= 4 is 11.3 Å². The monoisotopic (exact) mass is 301 g/mol. The summed E-state index contributed by atoms with van der Waals surface area (Å²) in [5.41, 5.74) is 2.53. The lowest BCUT2D eigenvalue weighted by molar-refractivity contribution is 0.473. The van der Waals surface area contributed by atoms with Crippen molar-refractivity contribution < 1.29 is 0 Å². The van der Waals surface area contributed by atoms with Crippen LogP contribution >= 0.6 is 11.3 Å². The Morgan fingerprint density at radius 3 is 2.90 bits per heavy atom. The number of aromatic nitrogens is 2. The predicted octanol–water partition coefficient (Wildman–Crippen LogP) is 3.87. The van der Waals surface area contributed by atoms with Crippen LogP contribution in [0, 0.1) is 5.92 Å². The molecule has 0 bridgehead atoms. The zero-order valence-corrected chi connectivity index (χ0v) is 13.6. The van der Waals surface area contributed by atoms with Gasteiger partial charge in [0.05, 0.1) is 5.69 Å². The van der Waals surface area contributed by atoms with Gasteiger partial charge in [0.2, 0.25) is 0 Å². The van der Waals surface area contributed by atoms with E-state index in [2.05, 4.69) is 36.3 Å². The largest absolute Gasteiger partial charge is 0.316 e. The molecule has 0 radical (unpaired) electrons. The molecule has 2 aromatic heterocycles. The van der Waals surface area contributed by atoms with Gasteiger partial charge in [0.1, 0.15) is 5.01 Å². The van der Waals surface area contributed by atoms with Gasteiger partial charge in [0, 0.05) is 35.3 Å². The molecule has 4 heteroatoms. The third-order valence-corrected chi connectivity index (χ3v) is 5.12. The Labute approximate surface area is 130 Å². The average Bonchev–Trinajstić information content (AvgIpc) is 2.93. The summed E-state index contributed by atoms with van der Waals surface area (Å²) in [7, 11) is 0. The number of nitrogens with zero attached hydrogens (tertiary/aromatic N) is 2. The normalized spacial score (nSPS) is 18.0. The molecule has 0 saturated carbocycles. The molecular formula is C17H23N3S. The summed E-state index contributed by atoms with van der Waals surface area (Å²) in [5, 5.41) is 4.75. The first-order chi connectivity index (χ1) is 10.2. The molecule has 0 spiro atoms. The minimum Gasteiger partial charge on any atom is -0.316 e. The fraction of sp³-hybridized carbons (Fsp3) is 0.529. The van der Waals surface area contributed by atoms with Gasteiger partial charge in [-0.3, -0.25) is 4.98 Å². The van der Waals surface area contributed by atoms with E-state index in [1.165, 1.54) is 35.4 Å². The summed E-state index contributed by atoms with van der Waals surface area (Å²) in [4.78, 5) is 10.5. The minimum absolute atomic E-state index is 0.583. The Hall–Kier alpha value is -1.26. The van der Waals surface area contributed by atoms with Gasteiger partial charge in [0.25, 0.3) is 0 Å². The number of aryl methyl sites for hydroxylation is 1. The Morgan fingerprint density at radius 1 is 1.33 bits per heavy atom. The molecule has 1 aliphatic rings. The number of pyridine rings is 1. The SMILES string of the molecule is CC(C)CNCC1CCCc2sc(-c3ccncc3)nc21. The fourth-order valence-corrected chi connectivity index (χ4v) is 4.06. The van der Waals surface area contributed by atoms with E-state index in [4.69, 9.17) is 4.98 Å². The topological polar surface area (TPSA) is 37.8 Å². The van der Waals surface area contributed by atoms with Crippen molar-refractivity contribution in [3.05, 3.63) is 35.1 Å². The van der Waals surface area contributed by atoms with Crippen LogP contribution in [0.25, 0.3) is 10.6 Å². The lowest BCUT2D eigenvalue weighted by atomic mass is 9.91. The smallest absolute Gasteiger partial charge is 0.123 e. The number of nitrogens with one attached hydrogen (secondary N) is 1. The summed E-state index contributed by atoms with van der Waals surface area (Å²) in [5.74, 6) is 1.29. The van der Waals surface area contributed by atoms with Crippen LogP contribution in [0.15, 0.2) is 24.5 Å². The van der Waals surface area contributed by atoms with E-state index in [1.54, 1.807) is 0 Å². The molecule has 1 aliphatic carbocycles. The summed E-state index contributed by atoms with van der Waals surface area (Å²) in [6.45, 7) is 6.66. The van der Waals surface area contributed by atoms with Gasteiger partial charge in [-0.25, -0.2) is 4.98 Å². The third kappa shape index (κ3) is 3.50. The van der Waals surface area contributed by atoms with Crippen LogP contribution in [0.1, 0.15) is 43.2 Å². The van der Waals surface area contributed by atoms with Crippen molar-refractivity contribution in [1.82, 2.24) is 15.3 Å². The van der Waals surface area contributed by atoms with Crippen molar-refractivity contribution in [3.63, 3.8) is 0 Å². The van der Waals surface area contributed by atoms with Gasteiger partial charge in [-0.2, -0.15) is 0 Å². The Morgan fingerprint density at radius 2 is 2.14 bits per heavy atom. The number of thiazole rings is 1. The molecule has 2 heterocycles. The molecule has 0 aliphatic heterocycles. The Balaban J connectivity index is 1.77.